The van der Waals surface area contributed by atoms with Crippen molar-refractivity contribution in [3.8, 4) is 0 Å². The van der Waals surface area contributed by atoms with Crippen LogP contribution < -0.4 is 5.32 Å². The molecule has 0 aliphatic carbocycles. The summed E-state index contributed by atoms with van der Waals surface area (Å²) >= 11 is 0. The fourth-order valence-electron chi connectivity index (χ4n) is 3.02. The van der Waals surface area contributed by atoms with E-state index < -0.39 is 0 Å². The maximum Gasteiger partial charge on any atom is 0.270 e. The second-order valence-electron chi connectivity index (χ2n) is 6.04. The van der Waals surface area contributed by atoms with Crippen LogP contribution in [0.4, 0.5) is 0 Å². The van der Waals surface area contributed by atoms with Gasteiger partial charge in [-0.25, -0.2) is 4.98 Å². The van der Waals surface area contributed by atoms with Crippen LogP contribution in [0.5, 0.6) is 0 Å². The monoisotopic (exact) mass is 330 g/mol. The van der Waals surface area contributed by atoms with Crippen LogP contribution in [-0.4, -0.2) is 27.4 Å². The Hall–Kier alpha value is -3.21. The Balaban J connectivity index is 1.48. The van der Waals surface area contributed by atoms with Crippen molar-refractivity contribution in [2.24, 2.45) is 0 Å². The molecular weight excluding hydrogens is 312 g/mol. The summed E-state index contributed by atoms with van der Waals surface area (Å²) in [5.74, 6) is 0.704. The normalized spacial score (nSPS) is 11.1. The van der Waals surface area contributed by atoms with Gasteiger partial charge in [0.1, 0.15) is 11.5 Å². The first-order chi connectivity index (χ1) is 12.2. The van der Waals surface area contributed by atoms with Crippen LogP contribution in [0.15, 0.2) is 54.7 Å². The van der Waals surface area contributed by atoms with Gasteiger partial charge in [-0.3, -0.25) is 9.78 Å². The van der Waals surface area contributed by atoms with Crippen LogP contribution in [0.3, 0.4) is 0 Å². The zero-order valence-corrected chi connectivity index (χ0v) is 13.9. The van der Waals surface area contributed by atoms with Crippen molar-refractivity contribution in [3.05, 3.63) is 71.8 Å². The number of rotatable bonds is 4. The number of imidazole rings is 1. The summed E-state index contributed by atoms with van der Waals surface area (Å²) in [5.41, 5.74) is 3.48. The number of benzene rings is 2. The summed E-state index contributed by atoms with van der Waals surface area (Å²) < 4.78 is 0. The van der Waals surface area contributed by atoms with Crippen molar-refractivity contribution in [1.82, 2.24) is 20.3 Å². The molecule has 0 spiro atoms. The number of hydrogen-bond donors (Lipinski definition) is 2. The van der Waals surface area contributed by atoms with E-state index in [1.54, 1.807) is 6.20 Å². The lowest BCUT2D eigenvalue weighted by Crippen LogP contribution is -2.27. The molecule has 0 aliphatic heterocycles. The van der Waals surface area contributed by atoms with Crippen LogP contribution in [0.2, 0.25) is 0 Å². The van der Waals surface area contributed by atoms with Gasteiger partial charge in [-0.1, -0.05) is 36.4 Å². The predicted octanol–water partition coefficient (Wildman–Crippen LogP) is 3.39. The van der Waals surface area contributed by atoms with Gasteiger partial charge in [-0.2, -0.15) is 0 Å². The first kappa shape index (κ1) is 15.3. The van der Waals surface area contributed by atoms with Crippen molar-refractivity contribution < 1.29 is 4.79 Å². The summed E-state index contributed by atoms with van der Waals surface area (Å²) in [4.78, 5) is 24.6. The molecular formula is C20H18N4O. The van der Waals surface area contributed by atoms with E-state index in [2.05, 4.69) is 20.3 Å². The molecule has 2 aromatic heterocycles. The lowest BCUT2D eigenvalue weighted by Gasteiger charge is -2.08. The number of aromatic nitrogens is 3. The van der Waals surface area contributed by atoms with Gasteiger partial charge in [-0.15, -0.1) is 0 Å². The number of nitrogens with one attached hydrogen (secondary N) is 2. The van der Waals surface area contributed by atoms with Crippen LogP contribution in [0.1, 0.15) is 21.9 Å². The second kappa shape index (κ2) is 6.36. The average molecular weight is 330 g/mol. The third-order valence-electron chi connectivity index (χ3n) is 4.30. The largest absolute Gasteiger partial charge is 0.350 e. The molecule has 25 heavy (non-hydrogen) atoms. The fourth-order valence-corrected chi connectivity index (χ4v) is 3.02. The zero-order valence-electron chi connectivity index (χ0n) is 13.9. The highest BCUT2D eigenvalue weighted by atomic mass is 16.1. The van der Waals surface area contributed by atoms with Crippen LogP contribution in [-0.2, 0) is 6.42 Å². The third kappa shape index (κ3) is 2.96. The van der Waals surface area contributed by atoms with Gasteiger partial charge in [0.15, 0.2) is 0 Å². The van der Waals surface area contributed by atoms with Crippen LogP contribution in [0.25, 0.3) is 21.8 Å². The van der Waals surface area contributed by atoms with Gasteiger partial charge >= 0.3 is 0 Å². The number of carbonyl (C=O) groups is 1. The molecule has 5 heteroatoms. The van der Waals surface area contributed by atoms with Gasteiger partial charge in [0.05, 0.1) is 11.0 Å². The van der Waals surface area contributed by atoms with E-state index in [1.165, 1.54) is 0 Å². The lowest BCUT2D eigenvalue weighted by atomic mass is 10.1. The number of fused-ring (bicyclic) bond motifs is 2. The molecule has 0 bridgehead atoms. The zero-order chi connectivity index (χ0) is 17.2. The van der Waals surface area contributed by atoms with Gasteiger partial charge in [0, 0.05) is 24.5 Å². The van der Waals surface area contributed by atoms with Crippen molar-refractivity contribution in [2.75, 3.05) is 6.54 Å². The Kier molecular flexibility index (Phi) is 3.90. The van der Waals surface area contributed by atoms with E-state index in [1.807, 2.05) is 55.5 Å². The summed E-state index contributed by atoms with van der Waals surface area (Å²) in [6.45, 7) is 2.50. The number of amides is 1. The van der Waals surface area contributed by atoms with E-state index in [0.29, 0.717) is 18.7 Å². The fraction of sp³-hybridized carbons (Fsp3) is 0.150. The second-order valence-corrected chi connectivity index (χ2v) is 6.04. The molecule has 0 saturated heterocycles. The minimum absolute atomic E-state index is 0.160. The number of carbonyl (C=O) groups excluding carboxylic acids is 1. The summed E-state index contributed by atoms with van der Waals surface area (Å²) in [7, 11) is 0. The molecule has 124 valence electrons. The van der Waals surface area contributed by atoms with Crippen molar-refractivity contribution >= 4 is 27.7 Å². The maximum absolute atomic E-state index is 12.5. The van der Waals surface area contributed by atoms with Crippen LogP contribution in [0, 0.1) is 6.92 Å². The molecule has 4 aromatic rings. The molecule has 0 fully saturated rings. The molecule has 0 unspecified atom stereocenters. The molecule has 5 nitrogen and oxygen atoms in total. The first-order valence-electron chi connectivity index (χ1n) is 8.28. The number of H-pyrrole nitrogens is 1. The Bertz CT molecular complexity index is 1030. The van der Waals surface area contributed by atoms with Crippen molar-refractivity contribution in [1.29, 1.82) is 0 Å². The smallest absolute Gasteiger partial charge is 0.270 e. The molecule has 2 N–H and O–H groups in total. The average Bonchev–Trinajstić information content (AvgIpc) is 3.05. The highest BCUT2D eigenvalue weighted by Gasteiger charge is 2.12. The summed E-state index contributed by atoms with van der Waals surface area (Å²) in [5, 5.41) is 4.88. The number of para-hydroxylation sites is 2. The molecule has 0 saturated carbocycles. The summed E-state index contributed by atoms with van der Waals surface area (Å²) in [6, 6.07) is 15.7. The Morgan fingerprint density at radius 1 is 1.08 bits per heavy atom. The Morgan fingerprint density at radius 2 is 1.84 bits per heavy atom. The molecule has 2 heterocycles. The molecule has 1 amide bonds. The number of aromatic amines is 1. The highest BCUT2D eigenvalue weighted by Crippen LogP contribution is 2.20. The minimum Gasteiger partial charge on any atom is -0.350 e. The van der Waals surface area contributed by atoms with Gasteiger partial charge in [0.25, 0.3) is 5.91 Å². The van der Waals surface area contributed by atoms with E-state index in [4.69, 9.17) is 0 Å². The number of aryl methyl sites for hydroxylation is 1. The third-order valence-corrected chi connectivity index (χ3v) is 4.30. The molecule has 0 atom stereocenters. The predicted molar refractivity (Wildman–Crippen MR) is 98.6 cm³/mol. The van der Waals surface area contributed by atoms with Crippen molar-refractivity contribution in [2.45, 2.75) is 13.3 Å². The quantitative estimate of drug-likeness (QED) is 0.602. The Labute approximate surface area is 145 Å². The standard InChI is InChI=1S/C20H18N4O/c1-13-12-22-19(15-7-3-2-6-14(13)15)20(25)21-11-10-18-23-16-8-4-5-9-17(16)24-18/h2-9,12H,10-11H2,1H3,(H,21,25)(H,23,24). The lowest BCUT2D eigenvalue weighted by molar-refractivity contribution is 0.0951. The topological polar surface area (TPSA) is 70.7 Å². The van der Waals surface area contributed by atoms with E-state index in [0.717, 1.165) is 33.2 Å². The molecule has 2 aromatic carbocycles. The number of nitrogens with zero attached hydrogens (tertiary/aromatic N) is 2. The SMILES string of the molecule is Cc1cnc(C(=O)NCCc2nc3ccccc3[nH]2)c2ccccc12. The summed E-state index contributed by atoms with van der Waals surface area (Å²) in [6.07, 6.45) is 2.39. The number of hydrogen-bond acceptors (Lipinski definition) is 3. The Morgan fingerprint density at radius 3 is 2.68 bits per heavy atom. The van der Waals surface area contributed by atoms with Gasteiger partial charge < -0.3 is 10.3 Å². The molecule has 0 aliphatic rings. The van der Waals surface area contributed by atoms with Gasteiger partial charge in [-0.05, 0) is 30.0 Å². The van der Waals surface area contributed by atoms with Crippen molar-refractivity contribution in [3.63, 3.8) is 0 Å². The molecule has 4 rings (SSSR count). The van der Waals surface area contributed by atoms with Crippen LogP contribution >= 0.6 is 0 Å². The maximum atomic E-state index is 12.5. The van der Waals surface area contributed by atoms with E-state index >= 15 is 0 Å². The minimum atomic E-state index is -0.160. The first-order valence-corrected chi connectivity index (χ1v) is 8.28. The highest BCUT2D eigenvalue weighted by molar-refractivity contribution is 6.05. The van der Waals surface area contributed by atoms with Gasteiger partial charge in [0.2, 0.25) is 0 Å². The number of pyridine rings is 1. The van der Waals surface area contributed by atoms with E-state index in [9.17, 15) is 4.79 Å². The van der Waals surface area contributed by atoms with E-state index in [-0.39, 0.29) is 5.91 Å². The molecule has 0 radical (unpaired) electrons.